The number of rotatable bonds is 9. The first-order chi connectivity index (χ1) is 22.0. The van der Waals surface area contributed by atoms with Crippen molar-refractivity contribution in [1.29, 1.82) is 5.26 Å². The first-order valence-electron chi connectivity index (χ1n) is 15.5. The molecular formula is C36H37N7O2. The van der Waals surface area contributed by atoms with E-state index in [1.807, 2.05) is 61.7 Å². The number of nitrogens with one attached hydrogen (secondary N) is 1. The Labute approximate surface area is 263 Å². The predicted molar refractivity (Wildman–Crippen MR) is 175 cm³/mol. The van der Waals surface area contributed by atoms with Crippen molar-refractivity contribution in [2.24, 2.45) is 0 Å². The summed E-state index contributed by atoms with van der Waals surface area (Å²) in [5, 5.41) is 22.9. The second kappa shape index (κ2) is 13.9. The number of β-amino-alcohol motifs (C(OH)–C–C–N with tert-alkyl or cyclic N) is 1. The van der Waals surface area contributed by atoms with Gasteiger partial charge in [-0.25, -0.2) is 0 Å². The predicted octanol–water partition coefficient (Wildman–Crippen LogP) is 5.30. The van der Waals surface area contributed by atoms with Crippen molar-refractivity contribution >= 4 is 23.7 Å². The second-order valence-corrected chi connectivity index (χ2v) is 11.8. The van der Waals surface area contributed by atoms with Crippen LogP contribution in [-0.4, -0.2) is 68.0 Å². The van der Waals surface area contributed by atoms with Crippen molar-refractivity contribution in [2.75, 3.05) is 31.5 Å². The maximum absolute atomic E-state index is 13.1. The number of nitriles is 1. The average Bonchev–Trinajstić information content (AvgIpc) is 3.73. The summed E-state index contributed by atoms with van der Waals surface area (Å²) in [7, 11) is 0. The monoisotopic (exact) mass is 599 g/mol. The Morgan fingerprint density at radius 1 is 0.956 bits per heavy atom. The molecule has 5 heterocycles. The molecule has 2 saturated heterocycles. The maximum Gasteiger partial charge on any atom is 0.274 e. The van der Waals surface area contributed by atoms with Gasteiger partial charge in [-0.1, -0.05) is 24.3 Å². The fourth-order valence-corrected chi connectivity index (χ4v) is 6.05. The summed E-state index contributed by atoms with van der Waals surface area (Å²) < 4.78 is 0. The molecule has 45 heavy (non-hydrogen) atoms. The van der Waals surface area contributed by atoms with Gasteiger partial charge in [0.1, 0.15) is 11.8 Å². The number of benzene rings is 1. The third-order valence-electron chi connectivity index (χ3n) is 8.54. The largest absolute Gasteiger partial charge is 0.392 e. The number of aromatic nitrogens is 3. The van der Waals surface area contributed by atoms with Crippen LogP contribution in [0.5, 0.6) is 0 Å². The molecular weight excluding hydrogens is 562 g/mol. The Bertz CT molecular complexity index is 1720. The van der Waals surface area contributed by atoms with Gasteiger partial charge >= 0.3 is 0 Å². The van der Waals surface area contributed by atoms with E-state index in [-0.39, 0.29) is 12.0 Å². The topological polar surface area (TPSA) is 118 Å². The zero-order valence-electron chi connectivity index (χ0n) is 25.5. The molecule has 4 aromatic rings. The van der Waals surface area contributed by atoms with Crippen molar-refractivity contribution in [3.05, 3.63) is 106 Å². The number of amides is 1. The van der Waals surface area contributed by atoms with Gasteiger partial charge in [0.25, 0.3) is 5.91 Å². The number of likely N-dealkylation sites (tertiary alicyclic amines) is 2. The van der Waals surface area contributed by atoms with E-state index in [4.69, 9.17) is 0 Å². The number of hydrogen-bond acceptors (Lipinski definition) is 8. The van der Waals surface area contributed by atoms with Crippen LogP contribution in [0.4, 0.5) is 5.69 Å². The molecule has 9 heteroatoms. The summed E-state index contributed by atoms with van der Waals surface area (Å²) in [4.78, 5) is 31.2. The number of anilines is 1. The summed E-state index contributed by atoms with van der Waals surface area (Å²) in [5.41, 5.74) is 7.37. The molecule has 1 amide bonds. The van der Waals surface area contributed by atoms with Gasteiger partial charge in [0.05, 0.1) is 23.1 Å². The zero-order valence-corrected chi connectivity index (χ0v) is 25.5. The first-order valence-corrected chi connectivity index (χ1v) is 15.5. The van der Waals surface area contributed by atoms with Gasteiger partial charge in [-0.05, 0) is 97.9 Å². The quantitative estimate of drug-likeness (QED) is 0.266. The molecule has 0 spiro atoms. The molecule has 3 aromatic heterocycles. The van der Waals surface area contributed by atoms with Gasteiger partial charge in [-0.15, -0.1) is 0 Å². The zero-order chi connectivity index (χ0) is 31.2. The number of carbonyl (C=O) groups excluding carboxylic acids is 1. The van der Waals surface area contributed by atoms with Crippen LogP contribution in [-0.2, 0) is 13.1 Å². The van der Waals surface area contributed by atoms with Gasteiger partial charge in [0.2, 0.25) is 0 Å². The lowest BCUT2D eigenvalue weighted by Crippen LogP contribution is -2.21. The fourth-order valence-electron chi connectivity index (χ4n) is 6.05. The Hall–Kier alpha value is -4.75. The van der Waals surface area contributed by atoms with Crippen LogP contribution in [0, 0.1) is 18.3 Å². The normalized spacial score (nSPS) is 17.1. The number of pyridine rings is 3. The lowest BCUT2D eigenvalue weighted by molar-refractivity contribution is 0.102. The van der Waals surface area contributed by atoms with E-state index in [0.29, 0.717) is 35.7 Å². The highest BCUT2D eigenvalue weighted by molar-refractivity contribution is 6.03. The standard InChI is InChI=1S/C36H37N7O2/c1-25-30(5-4-6-33(25)41-36(45)35-11-8-27(21-40-35)23-43-18-14-29(44)24-43)31-13-15-38-34(32(31)19-37)12-10-28-9-7-26(20-39-28)22-42-16-2-3-17-42/h4-13,15,20-21,29,44H,2-3,14,16-18,22-24H2,1H3,(H,41,45)/b12-10+/t29-/m1/s1. The molecule has 0 aliphatic carbocycles. The van der Waals surface area contributed by atoms with Crippen LogP contribution in [0.15, 0.2) is 67.1 Å². The average molecular weight is 600 g/mol. The molecule has 2 N–H and O–H groups in total. The lowest BCUT2D eigenvalue weighted by atomic mass is 9.95. The Morgan fingerprint density at radius 3 is 2.42 bits per heavy atom. The number of carbonyl (C=O) groups is 1. The van der Waals surface area contributed by atoms with Gasteiger partial charge in [-0.3, -0.25) is 29.5 Å². The Balaban J connectivity index is 1.16. The third-order valence-corrected chi connectivity index (χ3v) is 8.54. The van der Waals surface area contributed by atoms with Crippen molar-refractivity contribution in [2.45, 2.75) is 45.4 Å². The smallest absolute Gasteiger partial charge is 0.274 e. The highest BCUT2D eigenvalue weighted by atomic mass is 16.3. The molecule has 1 atom stereocenters. The molecule has 0 bridgehead atoms. The molecule has 6 rings (SSSR count). The molecule has 2 aliphatic heterocycles. The van der Waals surface area contributed by atoms with Crippen LogP contribution >= 0.6 is 0 Å². The van der Waals surface area contributed by atoms with E-state index in [1.165, 1.54) is 18.4 Å². The molecule has 2 fully saturated rings. The van der Waals surface area contributed by atoms with E-state index in [2.05, 4.69) is 42.2 Å². The van der Waals surface area contributed by atoms with Gasteiger partial charge < -0.3 is 10.4 Å². The second-order valence-electron chi connectivity index (χ2n) is 11.8. The number of nitrogens with zero attached hydrogens (tertiary/aromatic N) is 6. The summed E-state index contributed by atoms with van der Waals surface area (Å²) in [6.07, 6.45) is 12.1. The summed E-state index contributed by atoms with van der Waals surface area (Å²) in [6, 6.07) is 17.5. The summed E-state index contributed by atoms with van der Waals surface area (Å²) >= 11 is 0. The van der Waals surface area contributed by atoms with Gasteiger partial charge in [-0.2, -0.15) is 5.26 Å². The molecule has 228 valence electrons. The molecule has 2 aliphatic rings. The Morgan fingerprint density at radius 2 is 1.73 bits per heavy atom. The van der Waals surface area contributed by atoms with Crippen molar-refractivity contribution < 1.29 is 9.90 Å². The first kappa shape index (κ1) is 30.3. The van der Waals surface area contributed by atoms with Crippen molar-refractivity contribution in [3.63, 3.8) is 0 Å². The van der Waals surface area contributed by atoms with Crippen LogP contribution in [0.1, 0.15) is 63.4 Å². The Kier molecular flexibility index (Phi) is 9.36. The third kappa shape index (κ3) is 7.32. The SMILES string of the molecule is Cc1c(NC(=O)c2ccc(CN3CC[C@@H](O)C3)cn2)cccc1-c1ccnc(/C=C/c2ccc(CN3CCCC3)cn2)c1C#N. The maximum atomic E-state index is 13.1. The van der Waals surface area contributed by atoms with Crippen LogP contribution in [0.2, 0.25) is 0 Å². The number of aliphatic hydroxyl groups is 1. The summed E-state index contributed by atoms with van der Waals surface area (Å²) in [6.45, 7) is 7.35. The van der Waals surface area contributed by atoms with E-state index >= 15 is 0 Å². The van der Waals surface area contributed by atoms with E-state index in [0.717, 1.165) is 60.5 Å². The minimum atomic E-state index is -0.309. The minimum Gasteiger partial charge on any atom is -0.392 e. The van der Waals surface area contributed by atoms with E-state index < -0.39 is 0 Å². The van der Waals surface area contributed by atoms with Crippen LogP contribution in [0.25, 0.3) is 23.3 Å². The van der Waals surface area contributed by atoms with Crippen LogP contribution in [0.3, 0.4) is 0 Å². The molecule has 0 unspecified atom stereocenters. The highest BCUT2D eigenvalue weighted by Gasteiger charge is 2.20. The summed E-state index contributed by atoms with van der Waals surface area (Å²) in [5.74, 6) is -0.309. The van der Waals surface area contributed by atoms with E-state index in [1.54, 1.807) is 18.5 Å². The molecule has 9 nitrogen and oxygen atoms in total. The molecule has 0 radical (unpaired) electrons. The number of aliphatic hydroxyl groups excluding tert-OH is 1. The fraction of sp³-hybridized carbons (Fsp3) is 0.306. The minimum absolute atomic E-state index is 0.272. The van der Waals surface area contributed by atoms with Crippen molar-refractivity contribution in [3.8, 4) is 17.2 Å². The van der Waals surface area contributed by atoms with E-state index in [9.17, 15) is 15.2 Å². The lowest BCUT2D eigenvalue weighted by Gasteiger charge is -2.15. The number of hydrogen-bond donors (Lipinski definition) is 2. The molecule has 1 aromatic carbocycles. The van der Waals surface area contributed by atoms with Crippen molar-refractivity contribution in [1.82, 2.24) is 24.8 Å². The molecule has 0 saturated carbocycles. The van der Waals surface area contributed by atoms with Gasteiger partial charge in [0, 0.05) is 56.0 Å². The van der Waals surface area contributed by atoms with Gasteiger partial charge in [0.15, 0.2) is 0 Å². The highest BCUT2D eigenvalue weighted by Crippen LogP contribution is 2.32. The van der Waals surface area contributed by atoms with Crippen LogP contribution < -0.4 is 5.32 Å².